The van der Waals surface area contributed by atoms with Gasteiger partial charge >= 0.3 is 23.9 Å². The number of carboxylic acid groups (broad SMARTS) is 1. The molecule has 0 spiro atoms. The molecular formula is C69H120O12. The van der Waals surface area contributed by atoms with Crippen molar-refractivity contribution in [2.75, 3.05) is 13.2 Å². The molecule has 1 aliphatic heterocycles. The summed E-state index contributed by atoms with van der Waals surface area (Å²) in [6, 6.07) is 0. The minimum atomic E-state index is -1.91. The first-order chi connectivity index (χ1) is 39.6. The van der Waals surface area contributed by atoms with Crippen LogP contribution in [-0.4, -0.2) is 89.2 Å². The summed E-state index contributed by atoms with van der Waals surface area (Å²) in [7, 11) is 0. The van der Waals surface area contributed by atoms with Gasteiger partial charge in [-0.3, -0.25) is 14.4 Å². The van der Waals surface area contributed by atoms with Crippen molar-refractivity contribution in [1.82, 2.24) is 0 Å². The second kappa shape index (κ2) is 56.9. The maximum atomic E-state index is 13.2. The highest BCUT2D eigenvalue weighted by molar-refractivity contribution is 5.74. The number of aliphatic carboxylic acids is 1. The lowest BCUT2D eigenvalue weighted by atomic mass is 9.98. The molecule has 0 aromatic heterocycles. The molecule has 12 heteroatoms. The molecule has 1 heterocycles. The van der Waals surface area contributed by atoms with Crippen LogP contribution in [0.2, 0.25) is 0 Å². The van der Waals surface area contributed by atoms with Crippen LogP contribution in [0.4, 0.5) is 0 Å². The van der Waals surface area contributed by atoms with E-state index in [-0.39, 0.29) is 25.9 Å². The van der Waals surface area contributed by atoms with Crippen LogP contribution >= 0.6 is 0 Å². The number of allylic oxidation sites excluding steroid dienone is 10. The monoisotopic (exact) mass is 1140 g/mol. The number of unbranched alkanes of at least 4 members (excludes halogenated alkanes) is 33. The van der Waals surface area contributed by atoms with Crippen molar-refractivity contribution in [3.8, 4) is 0 Å². The molecule has 0 radical (unpaired) electrons. The molecular weight excluding hydrogens is 1020 g/mol. The third-order valence-electron chi connectivity index (χ3n) is 15.0. The van der Waals surface area contributed by atoms with Crippen molar-refractivity contribution in [2.45, 2.75) is 340 Å². The third-order valence-corrected chi connectivity index (χ3v) is 15.0. The van der Waals surface area contributed by atoms with E-state index in [1.807, 2.05) is 0 Å². The predicted octanol–water partition coefficient (Wildman–Crippen LogP) is 17.9. The number of carboxylic acids is 1. The molecule has 0 aliphatic carbocycles. The summed E-state index contributed by atoms with van der Waals surface area (Å²) in [5.41, 5.74) is 0. The van der Waals surface area contributed by atoms with E-state index in [1.165, 1.54) is 128 Å². The largest absolute Gasteiger partial charge is 0.479 e. The molecule has 468 valence electrons. The Balaban J connectivity index is 2.66. The van der Waals surface area contributed by atoms with Crippen LogP contribution in [0.15, 0.2) is 60.8 Å². The Morgan fingerprint density at radius 1 is 0.407 bits per heavy atom. The lowest BCUT2D eigenvalue weighted by molar-refractivity contribution is -0.301. The van der Waals surface area contributed by atoms with Gasteiger partial charge in [-0.25, -0.2) is 4.79 Å². The van der Waals surface area contributed by atoms with Gasteiger partial charge in [-0.2, -0.15) is 0 Å². The van der Waals surface area contributed by atoms with E-state index in [1.54, 1.807) is 0 Å². The molecule has 12 nitrogen and oxygen atoms in total. The third kappa shape index (κ3) is 46.5. The summed E-state index contributed by atoms with van der Waals surface area (Å²) in [5.74, 6) is -3.13. The second-order valence-corrected chi connectivity index (χ2v) is 22.7. The lowest BCUT2D eigenvalue weighted by Gasteiger charge is -2.40. The van der Waals surface area contributed by atoms with Crippen molar-refractivity contribution >= 4 is 23.9 Å². The van der Waals surface area contributed by atoms with Gasteiger partial charge in [0.1, 0.15) is 18.8 Å². The topological polar surface area (TPSA) is 175 Å². The number of ether oxygens (including phenoxy) is 5. The summed E-state index contributed by atoms with van der Waals surface area (Å²) in [4.78, 5) is 51.3. The SMILES string of the molecule is CCCCC/C=C\C/C=C\C/C=C\CCCCCCCCC(=O)OC1C(OCC(COC(=O)CCCCCCCCC/C=C\CCCCCCCC)OC(=O)CCCCCCC/C=C\CCCCCCCC)OC(C(=O)O)C(O)C1O. The fraction of sp³-hybridized carbons (Fsp3) is 0.797. The molecule has 6 atom stereocenters. The Morgan fingerprint density at radius 3 is 1.16 bits per heavy atom. The molecule has 1 saturated heterocycles. The summed E-state index contributed by atoms with van der Waals surface area (Å²) < 4.78 is 28.5. The first kappa shape index (κ1) is 75.4. The van der Waals surface area contributed by atoms with Crippen LogP contribution in [0.3, 0.4) is 0 Å². The Kier molecular flexibility index (Phi) is 53.0. The number of esters is 3. The zero-order chi connectivity index (χ0) is 58.9. The number of aliphatic hydroxyl groups is 2. The van der Waals surface area contributed by atoms with E-state index in [4.69, 9.17) is 23.7 Å². The molecule has 1 aliphatic rings. The van der Waals surface area contributed by atoms with Gasteiger partial charge in [0.15, 0.2) is 24.6 Å². The highest BCUT2D eigenvalue weighted by Gasteiger charge is 2.50. The maximum absolute atomic E-state index is 13.2. The van der Waals surface area contributed by atoms with Gasteiger partial charge in [0.05, 0.1) is 6.61 Å². The lowest BCUT2D eigenvalue weighted by Crippen LogP contribution is -2.61. The number of hydrogen-bond acceptors (Lipinski definition) is 11. The van der Waals surface area contributed by atoms with E-state index in [2.05, 4.69) is 81.5 Å². The van der Waals surface area contributed by atoms with Crippen molar-refractivity contribution in [3.05, 3.63) is 60.8 Å². The van der Waals surface area contributed by atoms with E-state index in [9.17, 15) is 34.5 Å². The average Bonchev–Trinajstić information content (AvgIpc) is 3.54. The van der Waals surface area contributed by atoms with Gasteiger partial charge in [0, 0.05) is 19.3 Å². The zero-order valence-electron chi connectivity index (χ0n) is 51.8. The minimum Gasteiger partial charge on any atom is -0.479 e. The molecule has 6 unspecified atom stereocenters. The van der Waals surface area contributed by atoms with Gasteiger partial charge in [0.25, 0.3) is 0 Å². The number of hydrogen-bond donors (Lipinski definition) is 3. The number of carbonyl (C=O) groups excluding carboxylic acids is 3. The number of rotatable bonds is 57. The summed E-state index contributed by atoms with van der Waals surface area (Å²) in [6.45, 7) is 5.98. The average molecular weight is 1140 g/mol. The normalized spacial score (nSPS) is 18.1. The predicted molar refractivity (Wildman–Crippen MR) is 331 cm³/mol. The fourth-order valence-corrected chi connectivity index (χ4v) is 9.89. The Hall–Kier alpha value is -3.58. The maximum Gasteiger partial charge on any atom is 0.335 e. The van der Waals surface area contributed by atoms with Gasteiger partial charge in [-0.1, -0.05) is 236 Å². The van der Waals surface area contributed by atoms with Crippen LogP contribution in [0.25, 0.3) is 0 Å². The van der Waals surface area contributed by atoms with Crippen LogP contribution in [0, 0.1) is 0 Å². The Labute approximate surface area is 494 Å². The molecule has 1 fully saturated rings. The molecule has 3 N–H and O–H groups in total. The van der Waals surface area contributed by atoms with E-state index >= 15 is 0 Å². The quantitative estimate of drug-likeness (QED) is 0.0228. The summed E-state index contributed by atoms with van der Waals surface area (Å²) in [5, 5.41) is 31.6. The molecule has 0 aromatic rings. The van der Waals surface area contributed by atoms with Gasteiger partial charge in [0.2, 0.25) is 0 Å². The minimum absolute atomic E-state index is 0.0447. The first-order valence-corrected chi connectivity index (χ1v) is 33.3. The molecule has 81 heavy (non-hydrogen) atoms. The standard InChI is InChI=1S/C69H120O12/c1-4-7-10-13-16-19-22-25-28-30-31-33-36-39-42-45-48-51-54-57-63(72)80-67-65(74)64(73)66(68(75)76)81-69(67)78-59-60(79-62(71)56-53-50-47-44-41-38-34-27-24-21-18-15-12-9-6-3)58-77-61(70)55-52-49-46-43-40-37-35-32-29-26-23-20-17-14-11-8-5-2/h16,19,25-29,31,33-34,60,64-67,69,73-74H,4-15,17-18,20-24,30,32,35-59H2,1-3H3,(H,75,76)/b19-16-,28-25-,29-26-,33-31-,34-27-. The van der Waals surface area contributed by atoms with Crippen molar-refractivity contribution in [1.29, 1.82) is 0 Å². The van der Waals surface area contributed by atoms with Gasteiger partial charge < -0.3 is 39.0 Å². The zero-order valence-corrected chi connectivity index (χ0v) is 51.8. The fourth-order valence-electron chi connectivity index (χ4n) is 9.89. The smallest absolute Gasteiger partial charge is 0.335 e. The first-order valence-electron chi connectivity index (χ1n) is 33.3. The van der Waals surface area contributed by atoms with E-state index < -0.39 is 67.3 Å². The highest BCUT2D eigenvalue weighted by Crippen LogP contribution is 2.27. The molecule has 0 saturated carbocycles. The molecule has 1 rings (SSSR count). The van der Waals surface area contributed by atoms with E-state index in [0.29, 0.717) is 19.3 Å². The van der Waals surface area contributed by atoms with Crippen LogP contribution in [0.5, 0.6) is 0 Å². The van der Waals surface area contributed by atoms with Crippen LogP contribution in [-0.2, 0) is 42.9 Å². The number of carbonyl (C=O) groups is 4. The Bertz CT molecular complexity index is 1640. The molecule has 0 aromatic carbocycles. The van der Waals surface area contributed by atoms with Crippen molar-refractivity contribution in [2.24, 2.45) is 0 Å². The van der Waals surface area contributed by atoms with Gasteiger partial charge in [-0.05, 0) is 109 Å². The summed E-state index contributed by atoms with van der Waals surface area (Å²) >= 11 is 0. The Morgan fingerprint density at radius 2 is 0.741 bits per heavy atom. The van der Waals surface area contributed by atoms with Gasteiger partial charge in [-0.15, -0.1) is 0 Å². The van der Waals surface area contributed by atoms with Crippen molar-refractivity contribution < 1.29 is 58.2 Å². The molecule has 0 bridgehead atoms. The van der Waals surface area contributed by atoms with Crippen LogP contribution in [0.1, 0.15) is 303 Å². The van der Waals surface area contributed by atoms with Crippen LogP contribution < -0.4 is 0 Å². The van der Waals surface area contributed by atoms with Crippen molar-refractivity contribution in [3.63, 3.8) is 0 Å². The second-order valence-electron chi connectivity index (χ2n) is 22.7. The molecule has 0 amide bonds. The number of aliphatic hydroxyl groups excluding tert-OH is 2. The summed E-state index contributed by atoms with van der Waals surface area (Å²) in [6.07, 6.45) is 58.8. The van der Waals surface area contributed by atoms with E-state index in [0.717, 1.165) is 116 Å². The highest BCUT2D eigenvalue weighted by atomic mass is 16.7.